The molecule has 2 heterocycles. The predicted molar refractivity (Wildman–Crippen MR) is 58.7 cm³/mol. The van der Waals surface area contributed by atoms with Crippen LogP contribution in [0.1, 0.15) is 37.9 Å². The van der Waals surface area contributed by atoms with Crippen LogP contribution < -0.4 is 5.56 Å². The van der Waals surface area contributed by atoms with Gasteiger partial charge in [0.1, 0.15) is 0 Å². The highest BCUT2D eigenvalue weighted by molar-refractivity contribution is 5.06. The van der Waals surface area contributed by atoms with Crippen molar-refractivity contribution in [2.24, 2.45) is 0 Å². The van der Waals surface area contributed by atoms with Crippen LogP contribution in [0.5, 0.6) is 0 Å². The monoisotopic (exact) mass is 207 g/mol. The molecule has 0 bridgehead atoms. The molecule has 15 heavy (non-hydrogen) atoms. The fourth-order valence-corrected chi connectivity index (χ4v) is 2.25. The van der Waals surface area contributed by atoms with Crippen molar-refractivity contribution in [1.29, 1.82) is 0 Å². The molecule has 1 unspecified atom stereocenters. The van der Waals surface area contributed by atoms with E-state index in [1.807, 2.05) is 6.07 Å². The van der Waals surface area contributed by atoms with Gasteiger partial charge in [0.15, 0.2) is 0 Å². The molecule has 0 radical (unpaired) electrons. The Balaban J connectivity index is 2.20. The fraction of sp³-hybridized carbons (Fsp3) is 0.636. The van der Waals surface area contributed by atoms with Crippen LogP contribution in [-0.2, 0) is 0 Å². The average molecular weight is 207 g/mol. The van der Waals surface area contributed by atoms with E-state index in [2.05, 4.69) is 22.0 Å². The zero-order valence-corrected chi connectivity index (χ0v) is 9.07. The summed E-state index contributed by atoms with van der Waals surface area (Å²) < 4.78 is 0. The number of rotatable bonds is 2. The SMILES string of the molecule is CCN1CCCCC1c1ccc(=O)[nH]n1. The Morgan fingerprint density at radius 2 is 2.40 bits per heavy atom. The topological polar surface area (TPSA) is 49.0 Å². The van der Waals surface area contributed by atoms with Gasteiger partial charge in [-0.05, 0) is 32.0 Å². The Bertz CT molecular complexity index is 354. The van der Waals surface area contributed by atoms with E-state index in [1.54, 1.807) is 6.07 Å². The third-order valence-corrected chi connectivity index (χ3v) is 3.06. The van der Waals surface area contributed by atoms with Crippen LogP contribution >= 0.6 is 0 Å². The van der Waals surface area contributed by atoms with E-state index in [4.69, 9.17) is 0 Å². The minimum absolute atomic E-state index is 0.127. The molecule has 0 spiro atoms. The number of nitrogens with zero attached hydrogens (tertiary/aromatic N) is 2. The lowest BCUT2D eigenvalue weighted by Crippen LogP contribution is -2.34. The van der Waals surface area contributed by atoms with E-state index >= 15 is 0 Å². The van der Waals surface area contributed by atoms with Gasteiger partial charge in [-0.15, -0.1) is 0 Å². The van der Waals surface area contributed by atoms with Gasteiger partial charge in [-0.1, -0.05) is 13.3 Å². The summed E-state index contributed by atoms with van der Waals surface area (Å²) >= 11 is 0. The molecular formula is C11H17N3O. The predicted octanol–water partition coefficient (Wildman–Crippen LogP) is 1.32. The molecule has 4 heteroatoms. The van der Waals surface area contributed by atoms with Crippen LogP contribution in [-0.4, -0.2) is 28.2 Å². The maximum absolute atomic E-state index is 10.9. The highest BCUT2D eigenvalue weighted by Crippen LogP contribution is 2.28. The summed E-state index contributed by atoms with van der Waals surface area (Å²) in [5.74, 6) is 0. The summed E-state index contributed by atoms with van der Waals surface area (Å²) in [5.41, 5.74) is 0.869. The van der Waals surface area contributed by atoms with Gasteiger partial charge in [-0.2, -0.15) is 5.10 Å². The van der Waals surface area contributed by atoms with E-state index in [1.165, 1.54) is 12.8 Å². The van der Waals surface area contributed by atoms with Gasteiger partial charge in [0.05, 0.1) is 11.7 Å². The number of aromatic nitrogens is 2. The van der Waals surface area contributed by atoms with Crippen molar-refractivity contribution in [3.63, 3.8) is 0 Å². The maximum Gasteiger partial charge on any atom is 0.264 e. The molecule has 0 saturated carbocycles. The molecule has 1 aliphatic heterocycles. The summed E-state index contributed by atoms with van der Waals surface area (Å²) in [4.78, 5) is 13.3. The zero-order chi connectivity index (χ0) is 10.7. The first kappa shape index (κ1) is 10.4. The number of hydrogen-bond acceptors (Lipinski definition) is 3. The zero-order valence-electron chi connectivity index (χ0n) is 9.07. The van der Waals surface area contributed by atoms with Crippen LogP contribution in [0, 0.1) is 0 Å². The summed E-state index contributed by atoms with van der Waals surface area (Å²) in [6, 6.07) is 3.79. The number of likely N-dealkylation sites (tertiary alicyclic amines) is 1. The number of aromatic amines is 1. The molecule has 1 N–H and O–H groups in total. The van der Waals surface area contributed by atoms with Gasteiger partial charge < -0.3 is 0 Å². The van der Waals surface area contributed by atoms with E-state index in [-0.39, 0.29) is 5.56 Å². The first-order chi connectivity index (χ1) is 7.31. The fourth-order valence-electron chi connectivity index (χ4n) is 2.25. The van der Waals surface area contributed by atoms with E-state index in [9.17, 15) is 4.79 Å². The highest BCUT2D eigenvalue weighted by Gasteiger charge is 2.23. The lowest BCUT2D eigenvalue weighted by Gasteiger charge is -2.34. The van der Waals surface area contributed by atoms with Crippen molar-refractivity contribution in [3.05, 3.63) is 28.2 Å². The molecule has 1 aromatic rings. The maximum atomic E-state index is 10.9. The van der Waals surface area contributed by atoms with E-state index < -0.39 is 0 Å². The summed E-state index contributed by atoms with van der Waals surface area (Å²) in [6.45, 7) is 4.36. The number of piperidine rings is 1. The molecule has 1 atom stereocenters. The molecule has 0 amide bonds. The average Bonchev–Trinajstić information content (AvgIpc) is 2.30. The molecular weight excluding hydrogens is 190 g/mol. The second kappa shape index (κ2) is 4.57. The quantitative estimate of drug-likeness (QED) is 0.795. The first-order valence-corrected chi connectivity index (χ1v) is 5.61. The molecule has 1 aliphatic rings. The van der Waals surface area contributed by atoms with Crippen LogP contribution in [0.3, 0.4) is 0 Å². The van der Waals surface area contributed by atoms with Gasteiger partial charge in [0.25, 0.3) is 5.56 Å². The third kappa shape index (κ3) is 2.26. The molecule has 1 fully saturated rings. The number of H-pyrrole nitrogens is 1. The largest absolute Gasteiger partial charge is 0.295 e. The van der Waals surface area contributed by atoms with Crippen molar-refractivity contribution >= 4 is 0 Å². The number of hydrogen-bond donors (Lipinski definition) is 1. The Labute approximate surface area is 89.3 Å². The van der Waals surface area contributed by atoms with Crippen LogP contribution in [0.25, 0.3) is 0 Å². The summed E-state index contributed by atoms with van der Waals surface area (Å²) in [5, 5.41) is 6.63. The minimum atomic E-state index is -0.127. The second-order valence-electron chi connectivity index (χ2n) is 3.99. The van der Waals surface area contributed by atoms with Crippen molar-refractivity contribution in [3.8, 4) is 0 Å². The number of nitrogens with one attached hydrogen (secondary N) is 1. The van der Waals surface area contributed by atoms with Crippen molar-refractivity contribution in [2.45, 2.75) is 32.2 Å². The normalized spacial score (nSPS) is 22.9. The van der Waals surface area contributed by atoms with Crippen molar-refractivity contribution < 1.29 is 0 Å². The van der Waals surface area contributed by atoms with Gasteiger partial charge in [0, 0.05) is 6.07 Å². The summed E-state index contributed by atoms with van der Waals surface area (Å²) in [6.07, 6.45) is 3.67. The summed E-state index contributed by atoms with van der Waals surface area (Å²) in [7, 11) is 0. The van der Waals surface area contributed by atoms with Crippen LogP contribution in [0.15, 0.2) is 16.9 Å². The Kier molecular flexibility index (Phi) is 3.16. The van der Waals surface area contributed by atoms with Gasteiger partial charge >= 0.3 is 0 Å². The van der Waals surface area contributed by atoms with Gasteiger partial charge in [-0.3, -0.25) is 9.69 Å². The second-order valence-corrected chi connectivity index (χ2v) is 3.99. The Morgan fingerprint density at radius 1 is 1.53 bits per heavy atom. The molecule has 1 aromatic heterocycles. The molecule has 82 valence electrons. The molecule has 0 aliphatic carbocycles. The highest BCUT2D eigenvalue weighted by atomic mass is 16.1. The van der Waals surface area contributed by atoms with E-state index in [0.29, 0.717) is 6.04 Å². The Morgan fingerprint density at radius 3 is 3.07 bits per heavy atom. The van der Waals surface area contributed by atoms with Crippen LogP contribution in [0.2, 0.25) is 0 Å². The van der Waals surface area contributed by atoms with E-state index in [0.717, 1.165) is 25.2 Å². The van der Waals surface area contributed by atoms with Crippen molar-refractivity contribution in [2.75, 3.05) is 13.1 Å². The standard InChI is InChI=1S/C11H17N3O/c1-2-14-8-4-3-5-10(14)9-6-7-11(15)13-12-9/h6-7,10H,2-5,8H2,1H3,(H,13,15). The lowest BCUT2D eigenvalue weighted by atomic mass is 9.99. The van der Waals surface area contributed by atoms with Crippen molar-refractivity contribution in [1.82, 2.24) is 15.1 Å². The molecule has 0 aromatic carbocycles. The molecule has 1 saturated heterocycles. The molecule has 4 nitrogen and oxygen atoms in total. The smallest absolute Gasteiger partial charge is 0.264 e. The first-order valence-electron chi connectivity index (χ1n) is 5.61. The molecule has 2 rings (SSSR count). The lowest BCUT2D eigenvalue weighted by molar-refractivity contribution is 0.153. The Hall–Kier alpha value is -1.16. The van der Waals surface area contributed by atoms with Crippen LogP contribution in [0.4, 0.5) is 0 Å². The van der Waals surface area contributed by atoms with Gasteiger partial charge in [-0.25, -0.2) is 5.10 Å². The third-order valence-electron chi connectivity index (χ3n) is 3.06. The minimum Gasteiger partial charge on any atom is -0.295 e. The van der Waals surface area contributed by atoms with Gasteiger partial charge in [0.2, 0.25) is 0 Å².